The van der Waals surface area contributed by atoms with E-state index in [4.69, 9.17) is 10.5 Å². The van der Waals surface area contributed by atoms with Gasteiger partial charge in [-0.25, -0.2) is 4.39 Å². The molecular weight excluding hydrogens is 333 g/mol. The van der Waals surface area contributed by atoms with Crippen LogP contribution >= 0.6 is 15.9 Å². The maximum atomic E-state index is 13.4. The molecule has 0 aliphatic rings. The Bertz CT molecular complexity index is 573. The summed E-state index contributed by atoms with van der Waals surface area (Å²) in [6.07, 6.45) is 0.455. The SMILES string of the molecule is CCC(N)C(OCc1ccc(Br)cc1)c1cccc(F)c1. The van der Waals surface area contributed by atoms with Gasteiger partial charge in [0.15, 0.2) is 0 Å². The van der Waals surface area contributed by atoms with Crippen LogP contribution in [0.4, 0.5) is 4.39 Å². The van der Waals surface area contributed by atoms with E-state index in [1.807, 2.05) is 37.3 Å². The molecule has 0 spiro atoms. The molecule has 0 fully saturated rings. The number of ether oxygens (including phenoxy) is 1. The fourth-order valence-corrected chi connectivity index (χ4v) is 2.40. The molecule has 0 saturated carbocycles. The van der Waals surface area contributed by atoms with E-state index in [1.54, 1.807) is 6.07 Å². The highest BCUT2D eigenvalue weighted by atomic mass is 79.9. The quantitative estimate of drug-likeness (QED) is 0.826. The summed E-state index contributed by atoms with van der Waals surface area (Å²) in [6, 6.07) is 14.2. The number of halogens is 2. The molecule has 2 N–H and O–H groups in total. The van der Waals surface area contributed by atoms with Crippen LogP contribution in [0.5, 0.6) is 0 Å². The van der Waals surface area contributed by atoms with Gasteiger partial charge >= 0.3 is 0 Å². The van der Waals surface area contributed by atoms with Crippen molar-refractivity contribution in [3.05, 3.63) is 69.9 Å². The van der Waals surface area contributed by atoms with Gasteiger partial charge < -0.3 is 10.5 Å². The molecule has 0 amide bonds. The van der Waals surface area contributed by atoms with Gasteiger partial charge in [-0.2, -0.15) is 0 Å². The van der Waals surface area contributed by atoms with Crippen molar-refractivity contribution in [2.45, 2.75) is 32.1 Å². The van der Waals surface area contributed by atoms with Gasteiger partial charge in [0, 0.05) is 10.5 Å². The number of hydrogen-bond donors (Lipinski definition) is 1. The van der Waals surface area contributed by atoms with Crippen LogP contribution < -0.4 is 5.73 Å². The van der Waals surface area contributed by atoms with Crippen molar-refractivity contribution >= 4 is 15.9 Å². The van der Waals surface area contributed by atoms with E-state index in [-0.39, 0.29) is 18.0 Å². The summed E-state index contributed by atoms with van der Waals surface area (Å²) in [5.74, 6) is -0.270. The summed E-state index contributed by atoms with van der Waals surface area (Å²) < 4.78 is 20.4. The normalized spacial score (nSPS) is 13.9. The zero-order chi connectivity index (χ0) is 15.2. The van der Waals surface area contributed by atoms with E-state index in [1.165, 1.54) is 12.1 Å². The molecule has 2 unspecified atom stereocenters. The molecule has 0 heterocycles. The highest BCUT2D eigenvalue weighted by Gasteiger charge is 2.19. The maximum absolute atomic E-state index is 13.4. The van der Waals surface area contributed by atoms with E-state index in [0.717, 1.165) is 22.0 Å². The Morgan fingerprint density at radius 2 is 1.90 bits per heavy atom. The van der Waals surface area contributed by atoms with Gasteiger partial charge in [-0.15, -0.1) is 0 Å². The number of rotatable bonds is 6. The van der Waals surface area contributed by atoms with Crippen LogP contribution in [-0.2, 0) is 11.3 Å². The molecule has 112 valence electrons. The molecule has 0 aliphatic carbocycles. The van der Waals surface area contributed by atoms with E-state index >= 15 is 0 Å². The fraction of sp³-hybridized carbons (Fsp3) is 0.294. The van der Waals surface area contributed by atoms with Crippen LogP contribution in [0.1, 0.15) is 30.6 Å². The van der Waals surface area contributed by atoms with E-state index < -0.39 is 0 Å². The van der Waals surface area contributed by atoms with Crippen molar-refractivity contribution in [2.75, 3.05) is 0 Å². The van der Waals surface area contributed by atoms with Gasteiger partial charge in [0.2, 0.25) is 0 Å². The molecule has 2 aromatic carbocycles. The zero-order valence-electron chi connectivity index (χ0n) is 11.9. The first-order valence-corrected chi connectivity index (χ1v) is 7.76. The summed E-state index contributed by atoms with van der Waals surface area (Å²) >= 11 is 3.40. The van der Waals surface area contributed by atoms with Gasteiger partial charge in [-0.3, -0.25) is 0 Å². The minimum absolute atomic E-state index is 0.165. The van der Waals surface area contributed by atoms with E-state index in [0.29, 0.717) is 6.61 Å². The Morgan fingerprint density at radius 3 is 2.52 bits per heavy atom. The second kappa shape index (κ2) is 7.69. The third-order valence-electron chi connectivity index (χ3n) is 3.38. The highest BCUT2D eigenvalue weighted by molar-refractivity contribution is 9.10. The largest absolute Gasteiger partial charge is 0.367 e. The van der Waals surface area contributed by atoms with E-state index in [2.05, 4.69) is 15.9 Å². The smallest absolute Gasteiger partial charge is 0.123 e. The summed E-state index contributed by atoms with van der Waals surface area (Å²) in [6.45, 7) is 2.45. The topological polar surface area (TPSA) is 35.2 Å². The maximum Gasteiger partial charge on any atom is 0.123 e. The molecule has 2 rings (SSSR count). The van der Waals surface area contributed by atoms with Crippen molar-refractivity contribution in [3.63, 3.8) is 0 Å². The Hall–Kier alpha value is -1.23. The average molecular weight is 352 g/mol. The predicted molar refractivity (Wildman–Crippen MR) is 86.3 cm³/mol. The summed E-state index contributed by atoms with van der Waals surface area (Å²) in [4.78, 5) is 0. The van der Waals surface area contributed by atoms with Crippen molar-refractivity contribution in [1.29, 1.82) is 0 Å². The summed E-state index contributed by atoms with van der Waals surface area (Å²) in [5, 5.41) is 0. The van der Waals surface area contributed by atoms with Crippen LogP contribution in [0.25, 0.3) is 0 Å². The van der Waals surface area contributed by atoms with Crippen LogP contribution in [0.15, 0.2) is 53.0 Å². The average Bonchev–Trinajstić information content (AvgIpc) is 2.49. The second-order valence-electron chi connectivity index (χ2n) is 4.99. The van der Waals surface area contributed by atoms with Crippen molar-refractivity contribution in [2.24, 2.45) is 5.73 Å². The summed E-state index contributed by atoms with van der Waals surface area (Å²) in [5.41, 5.74) is 7.97. The highest BCUT2D eigenvalue weighted by Crippen LogP contribution is 2.24. The third kappa shape index (κ3) is 4.63. The van der Waals surface area contributed by atoms with Gasteiger partial charge in [0.1, 0.15) is 5.82 Å². The zero-order valence-corrected chi connectivity index (χ0v) is 13.5. The van der Waals surface area contributed by atoms with Crippen molar-refractivity contribution in [1.82, 2.24) is 0 Å². The molecule has 2 aromatic rings. The molecule has 21 heavy (non-hydrogen) atoms. The molecule has 0 bridgehead atoms. The first-order chi connectivity index (χ1) is 10.1. The Balaban J connectivity index is 2.11. The molecule has 0 saturated heterocycles. The molecule has 2 nitrogen and oxygen atoms in total. The van der Waals surface area contributed by atoms with Crippen LogP contribution in [0, 0.1) is 5.82 Å². The Morgan fingerprint density at radius 1 is 1.19 bits per heavy atom. The predicted octanol–water partition coefficient (Wildman–Crippen LogP) is 4.58. The first kappa shape index (κ1) is 16.1. The van der Waals surface area contributed by atoms with Crippen LogP contribution in [0.3, 0.4) is 0 Å². The lowest BCUT2D eigenvalue weighted by Gasteiger charge is -2.24. The molecule has 0 aliphatic heterocycles. The second-order valence-corrected chi connectivity index (χ2v) is 5.90. The first-order valence-electron chi connectivity index (χ1n) is 6.97. The number of hydrogen-bond acceptors (Lipinski definition) is 2. The lowest BCUT2D eigenvalue weighted by atomic mass is 10.0. The van der Waals surface area contributed by atoms with Crippen molar-refractivity contribution < 1.29 is 9.13 Å². The fourth-order valence-electron chi connectivity index (χ4n) is 2.13. The van der Waals surface area contributed by atoms with Crippen LogP contribution in [0.2, 0.25) is 0 Å². The molecular formula is C17H19BrFNO. The molecule has 4 heteroatoms. The Kier molecular flexibility index (Phi) is 5.91. The third-order valence-corrected chi connectivity index (χ3v) is 3.91. The van der Waals surface area contributed by atoms with Crippen molar-refractivity contribution in [3.8, 4) is 0 Å². The molecule has 2 atom stereocenters. The van der Waals surface area contributed by atoms with Gasteiger partial charge in [-0.1, -0.05) is 47.1 Å². The number of nitrogens with two attached hydrogens (primary N) is 1. The summed E-state index contributed by atoms with van der Waals surface area (Å²) in [7, 11) is 0. The van der Waals surface area contributed by atoms with Gasteiger partial charge in [0.05, 0.1) is 12.7 Å². The Labute approximate surface area is 133 Å². The molecule has 0 radical (unpaired) electrons. The number of benzene rings is 2. The monoisotopic (exact) mass is 351 g/mol. The lowest BCUT2D eigenvalue weighted by Crippen LogP contribution is -2.29. The van der Waals surface area contributed by atoms with Crippen LogP contribution in [-0.4, -0.2) is 6.04 Å². The van der Waals surface area contributed by atoms with Gasteiger partial charge in [0.25, 0.3) is 0 Å². The minimum atomic E-state index is -0.311. The van der Waals surface area contributed by atoms with E-state index in [9.17, 15) is 4.39 Å². The standard InChI is InChI=1S/C17H19BrFNO/c1-2-16(20)17(13-4-3-5-15(19)10-13)21-11-12-6-8-14(18)9-7-12/h3-10,16-17H,2,11,20H2,1H3. The van der Waals surface area contributed by atoms with Gasteiger partial charge in [-0.05, 0) is 41.8 Å². The lowest BCUT2D eigenvalue weighted by molar-refractivity contribution is 0.0211. The molecule has 0 aromatic heterocycles. The minimum Gasteiger partial charge on any atom is -0.367 e.